The van der Waals surface area contributed by atoms with Crippen LogP contribution in [-0.4, -0.2) is 12.5 Å². The molecule has 86 valence electrons. The van der Waals surface area contributed by atoms with Gasteiger partial charge in [0.05, 0.1) is 5.69 Å². The Morgan fingerprint density at radius 3 is 2.69 bits per heavy atom. The Hall–Kier alpha value is -1.38. The van der Waals surface area contributed by atoms with E-state index in [9.17, 15) is 9.18 Å². The molecule has 1 amide bonds. The monoisotopic (exact) mass is 221 g/mol. The van der Waals surface area contributed by atoms with Gasteiger partial charge in [-0.25, -0.2) is 4.39 Å². The molecule has 1 aliphatic heterocycles. The van der Waals surface area contributed by atoms with Crippen LogP contribution in [0.2, 0.25) is 0 Å². The van der Waals surface area contributed by atoms with Crippen LogP contribution in [0.4, 0.5) is 10.1 Å². The van der Waals surface area contributed by atoms with Crippen LogP contribution in [0.1, 0.15) is 26.3 Å². The molecular formula is C13H16FNO. The number of amides is 1. The highest BCUT2D eigenvalue weighted by Crippen LogP contribution is 2.33. The van der Waals surface area contributed by atoms with Crippen LogP contribution < -0.4 is 4.90 Å². The van der Waals surface area contributed by atoms with Gasteiger partial charge in [0.15, 0.2) is 0 Å². The summed E-state index contributed by atoms with van der Waals surface area (Å²) in [6, 6.07) is 4.99. The van der Waals surface area contributed by atoms with E-state index in [1.165, 1.54) is 6.07 Å². The highest BCUT2D eigenvalue weighted by atomic mass is 19.1. The lowest BCUT2D eigenvalue weighted by molar-refractivity contribution is -0.125. The van der Waals surface area contributed by atoms with Gasteiger partial charge in [-0.05, 0) is 18.1 Å². The average molecular weight is 221 g/mol. The smallest absolute Gasteiger partial charge is 0.232 e. The third kappa shape index (κ3) is 1.70. The van der Waals surface area contributed by atoms with Crippen LogP contribution in [0.3, 0.4) is 0 Å². The number of halogens is 1. The van der Waals surface area contributed by atoms with E-state index < -0.39 is 5.41 Å². The third-order valence-corrected chi connectivity index (χ3v) is 2.83. The predicted molar refractivity (Wildman–Crippen MR) is 61.9 cm³/mol. The molecule has 16 heavy (non-hydrogen) atoms. The van der Waals surface area contributed by atoms with Gasteiger partial charge in [0, 0.05) is 12.0 Å². The molecule has 1 aromatic rings. The summed E-state index contributed by atoms with van der Waals surface area (Å²) in [7, 11) is 0. The molecule has 0 N–H and O–H groups in total. The minimum Gasteiger partial charge on any atom is -0.309 e. The van der Waals surface area contributed by atoms with Crippen LogP contribution in [0.5, 0.6) is 0 Å². The number of benzene rings is 1. The minimum atomic E-state index is -0.468. The number of carbonyl (C=O) groups is 1. The number of fused-ring (bicyclic) bond motifs is 1. The maximum Gasteiger partial charge on any atom is 0.232 e. The average Bonchev–Trinajstić information content (AvgIpc) is 2.60. The third-order valence-electron chi connectivity index (χ3n) is 2.83. The van der Waals surface area contributed by atoms with Crippen molar-refractivity contribution >= 4 is 11.6 Å². The second-order valence-corrected chi connectivity index (χ2v) is 5.20. The van der Waals surface area contributed by atoms with Gasteiger partial charge in [-0.2, -0.15) is 0 Å². The summed E-state index contributed by atoms with van der Waals surface area (Å²) in [5.41, 5.74) is 0.934. The van der Waals surface area contributed by atoms with Crippen molar-refractivity contribution in [2.24, 2.45) is 5.41 Å². The first-order valence-corrected chi connectivity index (χ1v) is 5.50. The Balaban J connectivity index is 2.41. The van der Waals surface area contributed by atoms with Crippen molar-refractivity contribution in [3.63, 3.8) is 0 Å². The van der Waals surface area contributed by atoms with Gasteiger partial charge in [-0.3, -0.25) is 4.79 Å². The van der Waals surface area contributed by atoms with Gasteiger partial charge in [0.25, 0.3) is 0 Å². The summed E-state index contributed by atoms with van der Waals surface area (Å²) >= 11 is 0. The number of rotatable bonds is 0. The van der Waals surface area contributed by atoms with E-state index in [0.717, 1.165) is 12.0 Å². The summed E-state index contributed by atoms with van der Waals surface area (Å²) in [5, 5.41) is 0. The fourth-order valence-electron chi connectivity index (χ4n) is 2.02. The molecule has 0 spiro atoms. The maximum absolute atomic E-state index is 13.7. The second-order valence-electron chi connectivity index (χ2n) is 5.20. The van der Waals surface area contributed by atoms with E-state index in [1.807, 2.05) is 26.8 Å². The Morgan fingerprint density at radius 2 is 2.06 bits per heavy atom. The predicted octanol–water partition coefficient (Wildman–Crippen LogP) is 2.76. The lowest BCUT2D eigenvalue weighted by atomic mass is 9.94. The van der Waals surface area contributed by atoms with E-state index in [1.54, 1.807) is 11.0 Å². The molecule has 3 heteroatoms. The molecule has 1 aromatic carbocycles. The summed E-state index contributed by atoms with van der Waals surface area (Å²) in [5.74, 6) is -0.316. The summed E-state index contributed by atoms with van der Waals surface area (Å²) in [4.78, 5) is 13.7. The maximum atomic E-state index is 13.7. The zero-order valence-electron chi connectivity index (χ0n) is 9.88. The topological polar surface area (TPSA) is 20.3 Å². The number of anilines is 1. The van der Waals surface area contributed by atoms with Gasteiger partial charge in [0.2, 0.25) is 5.91 Å². The first-order valence-electron chi connectivity index (χ1n) is 5.50. The van der Waals surface area contributed by atoms with Crippen LogP contribution in [0, 0.1) is 11.2 Å². The molecular weight excluding hydrogens is 205 g/mol. The van der Waals surface area contributed by atoms with Gasteiger partial charge < -0.3 is 4.90 Å². The van der Waals surface area contributed by atoms with Crippen molar-refractivity contribution in [3.05, 3.63) is 29.6 Å². The largest absolute Gasteiger partial charge is 0.309 e. The number of carbonyl (C=O) groups excluding carboxylic acids is 1. The lowest BCUT2D eigenvalue weighted by Gasteiger charge is -2.26. The summed E-state index contributed by atoms with van der Waals surface area (Å²) in [6.07, 6.45) is 0.745. The molecule has 2 nitrogen and oxygen atoms in total. The normalized spacial score (nSPS) is 15.1. The van der Waals surface area contributed by atoms with Crippen molar-refractivity contribution in [2.45, 2.75) is 27.2 Å². The van der Waals surface area contributed by atoms with Gasteiger partial charge in [-0.1, -0.05) is 32.9 Å². The van der Waals surface area contributed by atoms with E-state index in [2.05, 4.69) is 0 Å². The highest BCUT2D eigenvalue weighted by molar-refractivity contribution is 5.98. The van der Waals surface area contributed by atoms with Crippen LogP contribution in [0.15, 0.2) is 18.2 Å². The molecule has 0 unspecified atom stereocenters. The van der Waals surface area contributed by atoms with Gasteiger partial charge in [-0.15, -0.1) is 0 Å². The quantitative estimate of drug-likeness (QED) is 0.659. The van der Waals surface area contributed by atoms with Crippen LogP contribution in [-0.2, 0) is 11.2 Å². The molecule has 0 saturated carbocycles. The van der Waals surface area contributed by atoms with E-state index >= 15 is 0 Å². The number of hydrogen-bond acceptors (Lipinski definition) is 1. The second kappa shape index (κ2) is 3.58. The van der Waals surface area contributed by atoms with Crippen molar-refractivity contribution in [1.29, 1.82) is 0 Å². The zero-order chi connectivity index (χ0) is 11.9. The summed E-state index contributed by atoms with van der Waals surface area (Å²) < 4.78 is 13.7. The Kier molecular flexibility index (Phi) is 2.49. The minimum absolute atomic E-state index is 0.0173. The first-order chi connectivity index (χ1) is 7.41. The Labute approximate surface area is 95.1 Å². The first kappa shape index (κ1) is 11.1. The SMILES string of the molecule is CC(C)(C)C(=O)N1CCc2cccc(F)c21. The van der Waals surface area contributed by atoms with Crippen molar-refractivity contribution in [2.75, 3.05) is 11.4 Å². The molecule has 1 heterocycles. The Morgan fingerprint density at radius 1 is 1.38 bits per heavy atom. The Bertz CT molecular complexity index is 434. The molecule has 0 aromatic heterocycles. The molecule has 0 radical (unpaired) electrons. The lowest BCUT2D eigenvalue weighted by Crippen LogP contribution is -2.38. The highest BCUT2D eigenvalue weighted by Gasteiger charge is 2.33. The molecule has 0 atom stereocenters. The molecule has 0 saturated heterocycles. The number of para-hydroxylation sites is 1. The molecule has 0 bridgehead atoms. The summed E-state index contributed by atoms with van der Waals surface area (Å²) in [6.45, 7) is 6.16. The molecule has 0 aliphatic carbocycles. The van der Waals surface area contributed by atoms with Crippen molar-refractivity contribution in [3.8, 4) is 0 Å². The van der Waals surface area contributed by atoms with Crippen molar-refractivity contribution in [1.82, 2.24) is 0 Å². The van der Waals surface area contributed by atoms with Gasteiger partial charge >= 0.3 is 0 Å². The fourth-order valence-corrected chi connectivity index (χ4v) is 2.02. The standard InChI is InChI=1S/C13H16FNO/c1-13(2,3)12(16)15-8-7-9-5-4-6-10(14)11(9)15/h4-6H,7-8H2,1-3H3. The van der Waals surface area contributed by atoms with Crippen LogP contribution >= 0.6 is 0 Å². The molecule has 1 aliphatic rings. The molecule has 2 rings (SSSR count). The zero-order valence-corrected chi connectivity index (χ0v) is 9.88. The van der Waals surface area contributed by atoms with E-state index in [-0.39, 0.29) is 11.7 Å². The fraction of sp³-hybridized carbons (Fsp3) is 0.462. The van der Waals surface area contributed by atoms with E-state index in [4.69, 9.17) is 0 Å². The number of hydrogen-bond donors (Lipinski definition) is 0. The van der Waals surface area contributed by atoms with Gasteiger partial charge in [0.1, 0.15) is 5.82 Å². The van der Waals surface area contributed by atoms with Crippen LogP contribution in [0.25, 0.3) is 0 Å². The van der Waals surface area contributed by atoms with Crippen molar-refractivity contribution < 1.29 is 9.18 Å². The number of nitrogens with zero attached hydrogens (tertiary/aromatic N) is 1. The van der Waals surface area contributed by atoms with E-state index in [0.29, 0.717) is 12.2 Å². The molecule has 0 fully saturated rings.